The zero-order chi connectivity index (χ0) is 13.4. The predicted octanol–water partition coefficient (Wildman–Crippen LogP) is 3.67. The summed E-state index contributed by atoms with van der Waals surface area (Å²) in [5.41, 5.74) is 1.12. The minimum atomic E-state index is -0.979. The molecule has 0 saturated carbocycles. The first-order valence-corrected chi connectivity index (χ1v) is 6.90. The Morgan fingerprint density at radius 1 is 1.21 bits per heavy atom. The second-order valence-electron chi connectivity index (χ2n) is 4.04. The summed E-state index contributed by atoms with van der Waals surface area (Å²) in [4.78, 5) is 5.16. The summed E-state index contributed by atoms with van der Waals surface area (Å²) in [7, 11) is 0.602. The summed E-state index contributed by atoms with van der Waals surface area (Å²) in [5, 5.41) is 0.473. The van der Waals surface area contributed by atoms with Crippen molar-refractivity contribution in [2.45, 2.75) is 4.90 Å². The van der Waals surface area contributed by atoms with Gasteiger partial charge in [0, 0.05) is 5.56 Å². The normalized spacial score (nSPS) is 16.9. The van der Waals surface area contributed by atoms with Crippen LogP contribution in [0.4, 0.5) is 10.1 Å². The van der Waals surface area contributed by atoms with Crippen LogP contribution < -0.4 is 4.74 Å². The summed E-state index contributed by atoms with van der Waals surface area (Å²) >= 11 is 0. The molecule has 1 heterocycles. The molecule has 0 spiro atoms. The number of aliphatic imine (C=N–C) groups is 1. The van der Waals surface area contributed by atoms with E-state index in [2.05, 4.69) is 4.99 Å². The van der Waals surface area contributed by atoms with Crippen LogP contribution in [-0.2, 0) is 10.7 Å². The van der Waals surface area contributed by atoms with E-state index in [0.29, 0.717) is 16.4 Å². The van der Waals surface area contributed by atoms with Crippen LogP contribution in [0.5, 0.6) is 5.75 Å². The Labute approximate surface area is 112 Å². The molecule has 0 aromatic heterocycles. The number of halogens is 1. The summed E-state index contributed by atoms with van der Waals surface area (Å²) in [6, 6.07) is 11.8. The van der Waals surface area contributed by atoms with Crippen molar-refractivity contribution in [3.63, 3.8) is 0 Å². The van der Waals surface area contributed by atoms with Crippen LogP contribution in [0.2, 0.25) is 0 Å². The van der Waals surface area contributed by atoms with E-state index >= 15 is 0 Å². The first-order chi connectivity index (χ1) is 9.20. The van der Waals surface area contributed by atoms with Gasteiger partial charge in [0.25, 0.3) is 0 Å². The van der Waals surface area contributed by atoms with Crippen molar-refractivity contribution in [1.82, 2.24) is 0 Å². The molecule has 1 N–H and O–H groups in total. The molecule has 0 radical (unpaired) electrons. The average molecular weight is 274 g/mol. The Morgan fingerprint density at radius 3 is 2.74 bits per heavy atom. The number of nitrogens with one attached hydrogen (secondary N) is 1. The molecule has 1 atom stereocenters. The van der Waals surface area contributed by atoms with Crippen molar-refractivity contribution < 1.29 is 9.13 Å². The van der Waals surface area contributed by atoms with E-state index in [9.17, 15) is 4.39 Å². The number of benzene rings is 2. The molecule has 3 nitrogen and oxygen atoms in total. The number of hydrogen-bond acceptors (Lipinski definition) is 3. The molecule has 2 aromatic rings. The maximum atomic E-state index is 13.8. The van der Waals surface area contributed by atoms with Gasteiger partial charge in [0.05, 0.1) is 17.7 Å². The Morgan fingerprint density at radius 2 is 2.00 bits per heavy atom. The molecule has 0 aliphatic carbocycles. The fourth-order valence-corrected chi connectivity index (χ4v) is 3.28. The molecule has 0 fully saturated rings. The second-order valence-corrected chi connectivity index (χ2v) is 5.48. The topological polar surface area (TPSA) is 45.4 Å². The van der Waals surface area contributed by atoms with Crippen molar-refractivity contribution >= 4 is 21.4 Å². The summed E-state index contributed by atoms with van der Waals surface area (Å²) in [6.45, 7) is 0. The molecule has 0 amide bonds. The monoisotopic (exact) mass is 274 g/mol. The summed E-state index contributed by atoms with van der Waals surface area (Å²) < 4.78 is 27.2. The molecule has 0 saturated heterocycles. The zero-order valence-electron chi connectivity index (χ0n) is 10.2. The highest BCUT2D eigenvalue weighted by Crippen LogP contribution is 2.35. The molecule has 2 aromatic carbocycles. The summed E-state index contributed by atoms with van der Waals surface area (Å²) in [5.74, 6) is 0.347. The molecular formula is C14H11FN2OS. The van der Waals surface area contributed by atoms with Gasteiger partial charge in [-0.2, -0.15) is 0 Å². The highest BCUT2D eigenvalue weighted by atomic mass is 32.2. The number of nitrogens with zero attached hydrogens (tertiary/aromatic N) is 1. The zero-order valence-corrected chi connectivity index (χ0v) is 11.0. The van der Waals surface area contributed by atoms with Gasteiger partial charge < -0.3 is 4.74 Å². The van der Waals surface area contributed by atoms with Crippen molar-refractivity contribution in [2.24, 2.45) is 4.99 Å². The Kier molecular flexibility index (Phi) is 2.91. The van der Waals surface area contributed by atoms with E-state index in [0.717, 1.165) is 10.6 Å². The molecule has 1 unspecified atom stereocenters. The van der Waals surface area contributed by atoms with Crippen LogP contribution in [0.1, 0.15) is 5.56 Å². The number of ether oxygens (including phenoxy) is 1. The molecule has 19 heavy (non-hydrogen) atoms. The van der Waals surface area contributed by atoms with Gasteiger partial charge in [-0.3, -0.25) is 4.78 Å². The van der Waals surface area contributed by atoms with Gasteiger partial charge in [0.1, 0.15) is 16.6 Å². The van der Waals surface area contributed by atoms with Gasteiger partial charge in [-0.05, 0) is 41.0 Å². The molecule has 96 valence electrons. The maximum absolute atomic E-state index is 13.8. The average Bonchev–Trinajstić information content (AvgIpc) is 2.76. The highest BCUT2D eigenvalue weighted by molar-refractivity contribution is 8.02. The largest absolute Gasteiger partial charge is 0.497 e. The highest BCUT2D eigenvalue weighted by Gasteiger charge is 2.23. The van der Waals surface area contributed by atoms with Gasteiger partial charge in [0.2, 0.25) is 0 Å². The third-order valence-electron chi connectivity index (χ3n) is 2.91. The van der Waals surface area contributed by atoms with E-state index in [1.54, 1.807) is 43.5 Å². The molecule has 5 heteroatoms. The third-order valence-corrected chi connectivity index (χ3v) is 4.37. The van der Waals surface area contributed by atoms with Crippen LogP contribution >= 0.6 is 0 Å². The van der Waals surface area contributed by atoms with Gasteiger partial charge in [-0.1, -0.05) is 12.1 Å². The Bertz CT molecular complexity index is 712. The van der Waals surface area contributed by atoms with E-state index < -0.39 is 10.7 Å². The van der Waals surface area contributed by atoms with Crippen molar-refractivity contribution in [2.75, 3.05) is 7.11 Å². The fourth-order valence-electron chi connectivity index (χ4n) is 1.94. The van der Waals surface area contributed by atoms with Gasteiger partial charge in [0.15, 0.2) is 0 Å². The molecule has 0 bridgehead atoms. The Hall–Kier alpha value is -2.01. The van der Waals surface area contributed by atoms with Crippen LogP contribution in [0, 0.1) is 10.6 Å². The van der Waals surface area contributed by atoms with Crippen LogP contribution in [0.3, 0.4) is 0 Å². The van der Waals surface area contributed by atoms with Gasteiger partial charge in [-0.15, -0.1) is 0 Å². The van der Waals surface area contributed by atoms with Gasteiger partial charge in [-0.25, -0.2) is 9.38 Å². The van der Waals surface area contributed by atoms with Crippen LogP contribution in [0.15, 0.2) is 52.4 Å². The van der Waals surface area contributed by atoms with E-state index in [-0.39, 0.29) is 5.82 Å². The maximum Gasteiger partial charge on any atom is 0.133 e. The molecular weight excluding hydrogens is 263 g/mol. The smallest absolute Gasteiger partial charge is 0.133 e. The standard InChI is InChI=1S/C14H11FN2OS/c1-18-9-6-7-12-13(8-9)19(16)14(17-12)10-4-2-3-5-11(10)15/h2-8,16H,1H3. The van der Waals surface area contributed by atoms with Crippen molar-refractivity contribution in [3.05, 3.63) is 53.8 Å². The van der Waals surface area contributed by atoms with Crippen molar-refractivity contribution in [1.29, 1.82) is 4.78 Å². The lowest BCUT2D eigenvalue weighted by molar-refractivity contribution is 0.414. The Balaban J connectivity index is 2.09. The lowest BCUT2D eigenvalue weighted by Crippen LogP contribution is -2.06. The van der Waals surface area contributed by atoms with E-state index in [1.165, 1.54) is 6.07 Å². The molecule has 1 aliphatic heterocycles. The molecule has 1 aliphatic rings. The van der Waals surface area contributed by atoms with E-state index in [1.807, 2.05) is 0 Å². The minimum Gasteiger partial charge on any atom is -0.497 e. The van der Waals surface area contributed by atoms with Crippen LogP contribution in [-0.4, -0.2) is 12.2 Å². The van der Waals surface area contributed by atoms with Crippen LogP contribution in [0.25, 0.3) is 0 Å². The SMILES string of the molecule is COc1ccc2c(c1)S(=N)C(c1ccccc1F)=N2. The number of methoxy groups -OCH3 is 1. The molecule has 3 rings (SSSR count). The van der Waals surface area contributed by atoms with E-state index in [4.69, 9.17) is 9.52 Å². The number of rotatable bonds is 2. The minimum absolute atomic E-state index is 0.342. The summed E-state index contributed by atoms with van der Waals surface area (Å²) in [6.07, 6.45) is 0. The number of fused-ring (bicyclic) bond motifs is 1. The second kappa shape index (κ2) is 4.59. The lowest BCUT2D eigenvalue weighted by atomic mass is 10.2. The van der Waals surface area contributed by atoms with Crippen molar-refractivity contribution in [3.8, 4) is 5.75 Å². The third kappa shape index (κ3) is 1.96. The fraction of sp³-hybridized carbons (Fsp3) is 0.0714. The number of hydrogen-bond donors (Lipinski definition) is 1. The lowest BCUT2D eigenvalue weighted by Gasteiger charge is -2.05. The predicted molar refractivity (Wildman–Crippen MR) is 73.9 cm³/mol. The first kappa shape index (κ1) is 12.0. The quantitative estimate of drug-likeness (QED) is 0.892. The van der Waals surface area contributed by atoms with Gasteiger partial charge >= 0.3 is 0 Å². The first-order valence-electron chi connectivity index (χ1n) is 5.68.